The number of piperazine rings is 1. The molecule has 1 saturated heterocycles. The molecule has 0 aliphatic carbocycles. The smallest absolute Gasteiger partial charge is 0.253 e. The molecule has 1 amide bonds. The number of rotatable bonds is 6. The lowest BCUT2D eigenvalue weighted by molar-refractivity contribution is 0.0617. The van der Waals surface area contributed by atoms with Gasteiger partial charge < -0.3 is 9.42 Å². The van der Waals surface area contributed by atoms with E-state index >= 15 is 0 Å². The van der Waals surface area contributed by atoms with Crippen LogP contribution in [0.25, 0.3) is 0 Å². The molecule has 1 aliphatic rings. The average Bonchev–Trinajstić information content (AvgIpc) is 3.18. The van der Waals surface area contributed by atoms with Crippen LogP contribution < -0.4 is 0 Å². The molecule has 0 saturated carbocycles. The zero-order chi connectivity index (χ0) is 20.9. The summed E-state index contributed by atoms with van der Waals surface area (Å²) in [7, 11) is 0. The van der Waals surface area contributed by atoms with E-state index in [-0.39, 0.29) is 5.91 Å². The summed E-state index contributed by atoms with van der Waals surface area (Å²) in [5.41, 5.74) is 2.84. The van der Waals surface area contributed by atoms with E-state index in [2.05, 4.69) is 10.1 Å². The number of amides is 1. The lowest BCUT2D eigenvalue weighted by Gasteiger charge is -2.34. The Hall–Kier alpha value is -2.28. The van der Waals surface area contributed by atoms with Gasteiger partial charge in [-0.1, -0.05) is 28.9 Å². The minimum atomic E-state index is 0.0991. The van der Waals surface area contributed by atoms with Crippen LogP contribution in [0.2, 0.25) is 5.02 Å². The molecule has 1 fully saturated rings. The van der Waals surface area contributed by atoms with Crippen molar-refractivity contribution in [1.82, 2.24) is 15.0 Å². The Balaban J connectivity index is 1.27. The predicted molar refractivity (Wildman–Crippen MR) is 120 cm³/mol. The molecule has 0 N–H and O–H groups in total. The first-order valence-corrected chi connectivity index (χ1v) is 11.3. The van der Waals surface area contributed by atoms with Gasteiger partial charge in [0.05, 0.1) is 12.2 Å². The second-order valence-corrected chi connectivity index (χ2v) is 8.93. The summed E-state index contributed by atoms with van der Waals surface area (Å²) in [6.07, 6.45) is 0. The fraction of sp³-hybridized carbons (Fsp3) is 0.304. The van der Waals surface area contributed by atoms with Crippen molar-refractivity contribution in [2.45, 2.75) is 24.1 Å². The van der Waals surface area contributed by atoms with Gasteiger partial charge in [-0.15, -0.1) is 11.8 Å². The quantitative estimate of drug-likeness (QED) is 0.510. The number of hydrogen-bond acceptors (Lipinski definition) is 5. The molecule has 4 rings (SSSR count). The summed E-state index contributed by atoms with van der Waals surface area (Å²) in [4.78, 5) is 18.3. The molecule has 1 aromatic heterocycles. The molecule has 0 spiro atoms. The number of carbonyl (C=O) groups excluding carboxylic acids is 1. The van der Waals surface area contributed by atoms with Gasteiger partial charge in [-0.2, -0.15) is 0 Å². The molecular weight excluding hydrogens is 418 g/mol. The topological polar surface area (TPSA) is 49.6 Å². The maximum absolute atomic E-state index is 12.9. The minimum Gasteiger partial charge on any atom is -0.360 e. The molecule has 156 valence electrons. The predicted octanol–water partition coefficient (Wildman–Crippen LogP) is 4.89. The summed E-state index contributed by atoms with van der Waals surface area (Å²) in [6, 6.07) is 17.8. The highest BCUT2D eigenvalue weighted by Crippen LogP contribution is 2.24. The second-order valence-electron chi connectivity index (χ2n) is 7.44. The normalized spacial score (nSPS) is 14.8. The zero-order valence-corrected chi connectivity index (χ0v) is 18.5. The molecule has 5 nitrogen and oxygen atoms in total. The van der Waals surface area contributed by atoms with Crippen molar-refractivity contribution in [2.75, 3.05) is 26.2 Å². The van der Waals surface area contributed by atoms with E-state index in [1.807, 2.05) is 66.4 Å². The van der Waals surface area contributed by atoms with Crippen molar-refractivity contribution in [3.63, 3.8) is 0 Å². The van der Waals surface area contributed by atoms with Gasteiger partial charge in [0.2, 0.25) is 0 Å². The van der Waals surface area contributed by atoms with Gasteiger partial charge in [0, 0.05) is 53.5 Å². The lowest BCUT2D eigenvalue weighted by Crippen LogP contribution is -2.48. The molecule has 0 bridgehead atoms. The van der Waals surface area contributed by atoms with Crippen molar-refractivity contribution in [3.05, 3.63) is 82.2 Å². The average molecular weight is 442 g/mol. The Bertz CT molecular complexity index is 980. The van der Waals surface area contributed by atoms with E-state index in [1.165, 1.54) is 10.5 Å². The first-order valence-electron chi connectivity index (χ1n) is 9.98. The van der Waals surface area contributed by atoms with Crippen molar-refractivity contribution >= 4 is 29.3 Å². The highest BCUT2D eigenvalue weighted by molar-refractivity contribution is 7.98. The minimum absolute atomic E-state index is 0.0991. The molecule has 7 heteroatoms. The van der Waals surface area contributed by atoms with Crippen LogP contribution in [-0.2, 0) is 12.3 Å². The van der Waals surface area contributed by atoms with Crippen molar-refractivity contribution in [1.29, 1.82) is 0 Å². The Morgan fingerprint density at radius 1 is 1.07 bits per heavy atom. The molecule has 1 aliphatic heterocycles. The summed E-state index contributed by atoms with van der Waals surface area (Å²) in [5, 5.41) is 4.68. The SMILES string of the molecule is Cc1cc(CN2CCN(C(=O)c3ccc(CSc4ccc(Cl)cc4)cc3)CC2)on1. The Morgan fingerprint density at radius 2 is 1.77 bits per heavy atom. The number of aromatic nitrogens is 1. The second kappa shape index (κ2) is 9.69. The maximum Gasteiger partial charge on any atom is 0.253 e. The Labute approximate surface area is 186 Å². The maximum atomic E-state index is 12.9. The van der Waals surface area contributed by atoms with E-state index in [9.17, 15) is 4.79 Å². The lowest BCUT2D eigenvalue weighted by atomic mass is 10.1. The monoisotopic (exact) mass is 441 g/mol. The van der Waals surface area contributed by atoms with Crippen molar-refractivity contribution < 1.29 is 9.32 Å². The summed E-state index contributed by atoms with van der Waals surface area (Å²) in [6.45, 7) is 5.77. The van der Waals surface area contributed by atoms with Crippen LogP contribution in [-0.4, -0.2) is 47.0 Å². The van der Waals surface area contributed by atoms with Crippen LogP contribution >= 0.6 is 23.4 Å². The van der Waals surface area contributed by atoms with Crippen molar-refractivity contribution in [2.24, 2.45) is 0 Å². The largest absolute Gasteiger partial charge is 0.360 e. The molecule has 3 aromatic rings. The highest BCUT2D eigenvalue weighted by Gasteiger charge is 2.22. The molecule has 0 atom stereocenters. The Kier molecular flexibility index (Phi) is 6.77. The highest BCUT2D eigenvalue weighted by atomic mass is 35.5. The fourth-order valence-electron chi connectivity index (χ4n) is 3.44. The molecule has 30 heavy (non-hydrogen) atoms. The Morgan fingerprint density at radius 3 is 2.40 bits per heavy atom. The van der Waals surface area contributed by atoms with E-state index in [4.69, 9.17) is 16.1 Å². The van der Waals surface area contributed by atoms with Gasteiger partial charge in [-0.3, -0.25) is 9.69 Å². The molecule has 0 unspecified atom stereocenters. The summed E-state index contributed by atoms with van der Waals surface area (Å²) < 4.78 is 5.30. The zero-order valence-electron chi connectivity index (χ0n) is 16.9. The molecule has 2 aromatic carbocycles. The number of carbonyl (C=O) groups is 1. The number of aryl methyl sites for hydroxylation is 1. The third-order valence-electron chi connectivity index (χ3n) is 5.14. The van der Waals surface area contributed by atoms with E-state index in [1.54, 1.807) is 11.8 Å². The first kappa shape index (κ1) is 21.0. The van der Waals surface area contributed by atoms with Crippen LogP contribution in [0.3, 0.4) is 0 Å². The van der Waals surface area contributed by atoms with Crippen LogP contribution in [0.4, 0.5) is 0 Å². The van der Waals surface area contributed by atoms with Crippen LogP contribution in [0.15, 0.2) is 64.0 Å². The third kappa shape index (κ3) is 5.45. The van der Waals surface area contributed by atoms with Gasteiger partial charge in [0.15, 0.2) is 5.76 Å². The fourth-order valence-corrected chi connectivity index (χ4v) is 4.42. The number of nitrogens with zero attached hydrogens (tertiary/aromatic N) is 3. The van der Waals surface area contributed by atoms with E-state index in [0.717, 1.165) is 60.5 Å². The van der Waals surface area contributed by atoms with Gasteiger partial charge >= 0.3 is 0 Å². The number of hydrogen-bond donors (Lipinski definition) is 0. The van der Waals surface area contributed by atoms with Gasteiger partial charge in [-0.25, -0.2) is 0 Å². The number of halogens is 1. The molecular formula is C23H24ClN3O2S. The van der Waals surface area contributed by atoms with Gasteiger partial charge in [-0.05, 0) is 48.9 Å². The van der Waals surface area contributed by atoms with Gasteiger partial charge in [0.1, 0.15) is 0 Å². The van der Waals surface area contributed by atoms with Crippen LogP contribution in [0.1, 0.15) is 27.4 Å². The number of thioether (sulfide) groups is 1. The molecule has 2 heterocycles. The van der Waals surface area contributed by atoms with Gasteiger partial charge in [0.25, 0.3) is 5.91 Å². The number of benzene rings is 2. The van der Waals surface area contributed by atoms with E-state index < -0.39 is 0 Å². The standard InChI is InChI=1S/C23H24ClN3O2S/c1-17-14-21(29-25-17)15-26-10-12-27(13-11-26)23(28)19-4-2-18(3-5-19)16-30-22-8-6-20(24)7-9-22/h2-9,14H,10-13,15-16H2,1H3. The van der Waals surface area contributed by atoms with Crippen LogP contribution in [0, 0.1) is 6.92 Å². The van der Waals surface area contributed by atoms with Crippen molar-refractivity contribution in [3.8, 4) is 0 Å². The summed E-state index contributed by atoms with van der Waals surface area (Å²) >= 11 is 7.69. The van der Waals surface area contributed by atoms with E-state index in [0.29, 0.717) is 0 Å². The molecule has 0 radical (unpaired) electrons. The third-order valence-corrected chi connectivity index (χ3v) is 6.47. The first-order chi connectivity index (χ1) is 14.6. The van der Waals surface area contributed by atoms with Crippen LogP contribution in [0.5, 0.6) is 0 Å². The summed E-state index contributed by atoms with van der Waals surface area (Å²) in [5.74, 6) is 1.83.